The van der Waals surface area contributed by atoms with E-state index in [1.165, 1.54) is 0 Å². The van der Waals surface area contributed by atoms with Crippen LogP contribution in [0.4, 0.5) is 4.39 Å². The van der Waals surface area contributed by atoms with E-state index in [0.717, 1.165) is 36.3 Å². The average Bonchev–Trinajstić information content (AvgIpc) is 2.87. The summed E-state index contributed by atoms with van der Waals surface area (Å²) in [4.78, 5) is 0. The third kappa shape index (κ3) is 3.50. The molecule has 1 aromatic carbocycles. The Bertz CT molecular complexity index is 604. The molecule has 0 saturated heterocycles. The molecule has 0 saturated carbocycles. The first-order valence-electron chi connectivity index (χ1n) is 7.57. The van der Waals surface area contributed by atoms with Crippen molar-refractivity contribution in [1.82, 2.24) is 15.1 Å². The zero-order valence-corrected chi connectivity index (χ0v) is 13.3. The summed E-state index contributed by atoms with van der Waals surface area (Å²) < 4.78 is 16.2. The van der Waals surface area contributed by atoms with Crippen molar-refractivity contribution in [2.75, 3.05) is 7.05 Å². The van der Waals surface area contributed by atoms with Crippen molar-refractivity contribution in [2.45, 2.75) is 46.2 Å². The number of aryl methyl sites for hydroxylation is 3. The first-order chi connectivity index (χ1) is 10.1. The molecule has 0 aliphatic rings. The molecule has 1 unspecified atom stereocenters. The van der Waals surface area contributed by atoms with Crippen molar-refractivity contribution < 1.29 is 4.39 Å². The van der Waals surface area contributed by atoms with Crippen LogP contribution >= 0.6 is 0 Å². The number of likely N-dealkylation sites (N-methyl/N-ethyl adjacent to an activating group) is 1. The van der Waals surface area contributed by atoms with E-state index in [-0.39, 0.29) is 11.9 Å². The van der Waals surface area contributed by atoms with Gasteiger partial charge in [-0.3, -0.25) is 4.68 Å². The van der Waals surface area contributed by atoms with E-state index in [4.69, 9.17) is 0 Å². The quantitative estimate of drug-likeness (QED) is 0.883. The van der Waals surface area contributed by atoms with Crippen LogP contribution in [0.15, 0.2) is 24.3 Å². The lowest BCUT2D eigenvalue weighted by molar-refractivity contribution is 0.510. The molecule has 0 radical (unpaired) electrons. The van der Waals surface area contributed by atoms with E-state index in [2.05, 4.69) is 30.3 Å². The van der Waals surface area contributed by atoms with E-state index in [0.29, 0.717) is 5.56 Å². The highest BCUT2D eigenvalue weighted by Gasteiger charge is 2.17. The van der Waals surface area contributed by atoms with Crippen molar-refractivity contribution in [1.29, 1.82) is 0 Å². The molecule has 3 nitrogen and oxygen atoms in total. The van der Waals surface area contributed by atoms with E-state index in [1.54, 1.807) is 6.07 Å². The van der Waals surface area contributed by atoms with Crippen molar-refractivity contribution >= 4 is 0 Å². The Morgan fingerprint density at radius 2 is 2.05 bits per heavy atom. The molecule has 4 heteroatoms. The molecule has 2 aromatic rings. The van der Waals surface area contributed by atoms with Crippen LogP contribution in [0.3, 0.4) is 0 Å². The summed E-state index contributed by atoms with van der Waals surface area (Å²) in [6.07, 6.45) is 1.65. The van der Waals surface area contributed by atoms with Crippen molar-refractivity contribution in [3.8, 4) is 0 Å². The van der Waals surface area contributed by atoms with Crippen LogP contribution in [-0.2, 0) is 19.4 Å². The predicted octanol–water partition coefficient (Wildman–Crippen LogP) is 3.42. The van der Waals surface area contributed by atoms with E-state index < -0.39 is 0 Å². The fourth-order valence-electron chi connectivity index (χ4n) is 2.62. The van der Waals surface area contributed by atoms with Crippen LogP contribution < -0.4 is 5.32 Å². The summed E-state index contributed by atoms with van der Waals surface area (Å²) in [6, 6.07) is 7.50. The summed E-state index contributed by atoms with van der Waals surface area (Å²) >= 11 is 0. The SMILES string of the molecule is CCc1cc(CC(NC)c2ccc(C)cc2F)n(CC)n1. The maximum Gasteiger partial charge on any atom is 0.128 e. The molecule has 1 N–H and O–H groups in total. The number of halogens is 1. The smallest absolute Gasteiger partial charge is 0.128 e. The van der Waals surface area contributed by atoms with Crippen LogP contribution in [0, 0.1) is 12.7 Å². The van der Waals surface area contributed by atoms with Gasteiger partial charge in [0.05, 0.1) is 5.69 Å². The molecule has 0 amide bonds. The number of hydrogen-bond acceptors (Lipinski definition) is 2. The number of nitrogens with one attached hydrogen (secondary N) is 1. The van der Waals surface area contributed by atoms with Gasteiger partial charge in [0, 0.05) is 30.3 Å². The third-order valence-electron chi connectivity index (χ3n) is 3.87. The minimum absolute atomic E-state index is 0.0442. The van der Waals surface area contributed by atoms with E-state index >= 15 is 0 Å². The van der Waals surface area contributed by atoms with Crippen LogP contribution in [0.1, 0.15) is 42.4 Å². The molecule has 1 atom stereocenters. The molecule has 114 valence electrons. The fraction of sp³-hybridized carbons (Fsp3) is 0.471. The molecule has 0 aliphatic carbocycles. The molecule has 1 heterocycles. The van der Waals surface area contributed by atoms with Crippen LogP contribution in [0.5, 0.6) is 0 Å². The van der Waals surface area contributed by atoms with E-state index in [9.17, 15) is 4.39 Å². The van der Waals surface area contributed by atoms with Gasteiger partial charge in [-0.2, -0.15) is 5.10 Å². The van der Waals surface area contributed by atoms with Gasteiger partial charge < -0.3 is 5.32 Å². The van der Waals surface area contributed by atoms with Crippen LogP contribution in [0.2, 0.25) is 0 Å². The second-order valence-electron chi connectivity index (χ2n) is 5.37. The average molecular weight is 289 g/mol. The monoisotopic (exact) mass is 289 g/mol. The van der Waals surface area contributed by atoms with Gasteiger partial charge in [0.1, 0.15) is 5.82 Å². The van der Waals surface area contributed by atoms with Gasteiger partial charge in [-0.15, -0.1) is 0 Å². The molecule has 2 rings (SSSR count). The molecule has 1 aromatic heterocycles. The zero-order chi connectivity index (χ0) is 15.4. The summed E-state index contributed by atoms with van der Waals surface area (Å²) in [5.41, 5.74) is 3.89. The lowest BCUT2D eigenvalue weighted by atomic mass is 10.00. The largest absolute Gasteiger partial charge is 0.313 e. The molecule has 0 bridgehead atoms. The van der Waals surface area contributed by atoms with Gasteiger partial charge in [-0.05, 0) is 45.0 Å². The molecule has 0 spiro atoms. The van der Waals surface area contributed by atoms with Crippen molar-refractivity contribution in [2.24, 2.45) is 0 Å². The van der Waals surface area contributed by atoms with Gasteiger partial charge in [-0.1, -0.05) is 19.1 Å². The normalized spacial score (nSPS) is 12.6. The summed E-state index contributed by atoms with van der Waals surface area (Å²) in [6.45, 7) is 6.92. The minimum atomic E-state index is -0.146. The first kappa shape index (κ1) is 15.7. The molecule has 0 aliphatic heterocycles. The Morgan fingerprint density at radius 3 is 2.62 bits per heavy atom. The number of benzene rings is 1. The lowest BCUT2D eigenvalue weighted by Crippen LogP contribution is -2.21. The molecule has 0 fully saturated rings. The van der Waals surface area contributed by atoms with Gasteiger partial charge in [0.15, 0.2) is 0 Å². The molecule has 21 heavy (non-hydrogen) atoms. The van der Waals surface area contributed by atoms with Crippen molar-refractivity contribution in [3.63, 3.8) is 0 Å². The van der Waals surface area contributed by atoms with Gasteiger partial charge in [-0.25, -0.2) is 4.39 Å². The van der Waals surface area contributed by atoms with Crippen molar-refractivity contribution in [3.05, 3.63) is 52.6 Å². The summed E-state index contributed by atoms with van der Waals surface area (Å²) in [5, 5.41) is 7.78. The predicted molar refractivity (Wildman–Crippen MR) is 83.9 cm³/mol. The Kier molecular flexibility index (Phi) is 5.12. The molecular formula is C17H24FN3. The maximum absolute atomic E-state index is 14.2. The second-order valence-corrected chi connectivity index (χ2v) is 5.37. The fourth-order valence-corrected chi connectivity index (χ4v) is 2.62. The lowest BCUT2D eigenvalue weighted by Gasteiger charge is -2.18. The van der Waals surface area contributed by atoms with E-state index in [1.807, 2.05) is 30.8 Å². The number of nitrogens with zero attached hydrogens (tertiary/aromatic N) is 2. The summed E-state index contributed by atoms with van der Waals surface area (Å²) in [5.74, 6) is -0.146. The topological polar surface area (TPSA) is 29.9 Å². The third-order valence-corrected chi connectivity index (χ3v) is 3.87. The highest BCUT2D eigenvalue weighted by atomic mass is 19.1. The number of aromatic nitrogens is 2. The summed E-state index contributed by atoms with van der Waals surface area (Å²) in [7, 11) is 1.87. The first-order valence-corrected chi connectivity index (χ1v) is 7.57. The molecular weight excluding hydrogens is 265 g/mol. The standard InChI is InChI=1S/C17H24FN3/c1-5-13-10-14(21(6-2)20-13)11-17(19-4)15-8-7-12(3)9-16(15)18/h7-10,17,19H,5-6,11H2,1-4H3. The second kappa shape index (κ2) is 6.85. The minimum Gasteiger partial charge on any atom is -0.313 e. The maximum atomic E-state index is 14.2. The van der Waals surface area contributed by atoms with Gasteiger partial charge in [0.25, 0.3) is 0 Å². The van der Waals surface area contributed by atoms with Crippen LogP contribution in [-0.4, -0.2) is 16.8 Å². The zero-order valence-electron chi connectivity index (χ0n) is 13.3. The highest BCUT2D eigenvalue weighted by molar-refractivity contribution is 5.27. The Morgan fingerprint density at radius 1 is 1.29 bits per heavy atom. The number of hydrogen-bond donors (Lipinski definition) is 1. The Labute approximate surface area is 126 Å². The van der Waals surface area contributed by atoms with Crippen LogP contribution in [0.25, 0.3) is 0 Å². The van der Waals surface area contributed by atoms with Gasteiger partial charge in [0.2, 0.25) is 0 Å². The van der Waals surface area contributed by atoms with Gasteiger partial charge >= 0.3 is 0 Å². The highest BCUT2D eigenvalue weighted by Crippen LogP contribution is 2.22. The number of rotatable bonds is 6. The Balaban J connectivity index is 2.28. The Hall–Kier alpha value is -1.68.